The number of rotatable bonds is 5. The van der Waals surface area contributed by atoms with Crippen LogP contribution in [0.5, 0.6) is 0 Å². The third kappa shape index (κ3) is 3.62. The summed E-state index contributed by atoms with van der Waals surface area (Å²) in [7, 11) is 0. The molecule has 1 aromatic carbocycles. The molecule has 0 aliphatic carbocycles. The van der Waals surface area contributed by atoms with Crippen molar-refractivity contribution in [2.75, 3.05) is 18.1 Å². The largest absolute Gasteiger partial charge is 0.485 e. The molecule has 4 rings (SSSR count). The Hall–Kier alpha value is -3.08. The van der Waals surface area contributed by atoms with Gasteiger partial charge in [-0.2, -0.15) is 0 Å². The number of carbonyl (C=O) groups is 2. The molecule has 0 fully saturated rings. The summed E-state index contributed by atoms with van der Waals surface area (Å²) in [6.45, 7) is 12.9. The van der Waals surface area contributed by atoms with Crippen LogP contribution < -0.4 is 4.90 Å². The molecule has 1 unspecified atom stereocenters. The first kappa shape index (κ1) is 21.2. The minimum atomic E-state index is -0.248. The highest BCUT2D eigenvalue weighted by Crippen LogP contribution is 2.52. The topological polar surface area (TPSA) is 55.8 Å². The van der Waals surface area contributed by atoms with Gasteiger partial charge in [-0.15, -0.1) is 0 Å². The van der Waals surface area contributed by atoms with Crippen LogP contribution in [0.4, 0.5) is 5.69 Å². The zero-order valence-electron chi connectivity index (χ0n) is 18.7. The molecule has 5 heteroatoms. The van der Waals surface area contributed by atoms with Gasteiger partial charge in [0.1, 0.15) is 11.9 Å². The van der Waals surface area contributed by atoms with Crippen molar-refractivity contribution in [3.63, 3.8) is 0 Å². The molecule has 3 heterocycles. The Morgan fingerprint density at radius 3 is 2.81 bits per heavy atom. The highest BCUT2D eigenvalue weighted by atomic mass is 16.5. The van der Waals surface area contributed by atoms with Gasteiger partial charge < -0.3 is 14.4 Å². The zero-order chi connectivity index (χ0) is 22.3. The fraction of sp³-hybridized carbons (Fsp3) is 0.385. The quantitative estimate of drug-likeness (QED) is 0.518. The number of nitrogens with zero attached hydrogens (tertiary/aromatic N) is 1. The van der Waals surface area contributed by atoms with Crippen LogP contribution in [0.1, 0.15) is 45.2 Å². The summed E-state index contributed by atoms with van der Waals surface area (Å²) in [6.07, 6.45) is 6.41. The van der Waals surface area contributed by atoms with Gasteiger partial charge in [0.05, 0.1) is 13.0 Å². The molecule has 3 aliphatic heterocycles. The minimum Gasteiger partial charge on any atom is -0.485 e. The monoisotopic (exact) mass is 419 g/mol. The first-order chi connectivity index (χ1) is 14.8. The smallest absolute Gasteiger partial charge is 0.310 e. The molecule has 162 valence electrons. The van der Waals surface area contributed by atoms with Crippen LogP contribution in [-0.4, -0.2) is 31.0 Å². The summed E-state index contributed by atoms with van der Waals surface area (Å²) in [5.74, 6) is 0.344. The van der Waals surface area contributed by atoms with Gasteiger partial charge in [-0.3, -0.25) is 9.59 Å². The Morgan fingerprint density at radius 1 is 1.35 bits per heavy atom. The number of esters is 1. The third-order valence-corrected chi connectivity index (χ3v) is 6.20. The van der Waals surface area contributed by atoms with E-state index in [9.17, 15) is 9.59 Å². The number of allylic oxidation sites excluding steroid dienone is 3. The lowest BCUT2D eigenvalue weighted by Gasteiger charge is -2.40. The fourth-order valence-corrected chi connectivity index (χ4v) is 4.90. The third-order valence-electron chi connectivity index (χ3n) is 6.20. The van der Waals surface area contributed by atoms with Crippen LogP contribution >= 0.6 is 0 Å². The van der Waals surface area contributed by atoms with Crippen LogP contribution in [0.2, 0.25) is 0 Å². The SMILES string of the molecule is C=CC1=CC2=C3N(CCC2O/C1=C/C(C)=O)c1ccc(CC(=O)OCC)cc1C3(C)C. The van der Waals surface area contributed by atoms with E-state index in [0.717, 1.165) is 29.7 Å². The lowest BCUT2D eigenvalue weighted by molar-refractivity contribution is -0.142. The van der Waals surface area contributed by atoms with E-state index < -0.39 is 0 Å². The van der Waals surface area contributed by atoms with Gasteiger partial charge >= 0.3 is 5.97 Å². The number of hydrogen-bond donors (Lipinski definition) is 0. The predicted molar refractivity (Wildman–Crippen MR) is 121 cm³/mol. The lowest BCUT2D eigenvalue weighted by atomic mass is 9.78. The van der Waals surface area contributed by atoms with Gasteiger partial charge in [0.2, 0.25) is 0 Å². The number of ether oxygens (including phenoxy) is 2. The normalized spacial score (nSPS) is 22.2. The van der Waals surface area contributed by atoms with E-state index >= 15 is 0 Å². The van der Waals surface area contributed by atoms with Crippen molar-refractivity contribution in [2.24, 2.45) is 0 Å². The van der Waals surface area contributed by atoms with E-state index in [2.05, 4.69) is 43.5 Å². The molecule has 3 aliphatic rings. The molecule has 1 aromatic rings. The molecule has 0 N–H and O–H groups in total. The number of hydrogen-bond acceptors (Lipinski definition) is 5. The molecular formula is C26H29NO4. The summed E-state index contributed by atoms with van der Waals surface area (Å²) in [4.78, 5) is 26.0. The zero-order valence-corrected chi connectivity index (χ0v) is 18.7. The maximum atomic E-state index is 12.0. The fourth-order valence-electron chi connectivity index (χ4n) is 4.90. The Bertz CT molecular complexity index is 1060. The number of fused-ring (bicyclic) bond motifs is 4. The first-order valence-electron chi connectivity index (χ1n) is 10.8. The van der Waals surface area contributed by atoms with Gasteiger partial charge in [0, 0.05) is 47.0 Å². The summed E-state index contributed by atoms with van der Waals surface area (Å²) in [5.41, 5.74) is 6.27. The van der Waals surface area contributed by atoms with Gasteiger partial charge in [0.15, 0.2) is 5.78 Å². The van der Waals surface area contributed by atoms with Gasteiger partial charge in [-0.25, -0.2) is 0 Å². The van der Waals surface area contributed by atoms with Crippen molar-refractivity contribution in [1.29, 1.82) is 0 Å². The van der Waals surface area contributed by atoms with E-state index in [1.807, 2.05) is 13.0 Å². The molecule has 0 saturated heterocycles. The van der Waals surface area contributed by atoms with E-state index in [-0.39, 0.29) is 29.7 Å². The maximum Gasteiger partial charge on any atom is 0.310 e. The van der Waals surface area contributed by atoms with Gasteiger partial charge in [-0.05, 0) is 37.1 Å². The second-order valence-corrected chi connectivity index (χ2v) is 8.73. The number of anilines is 1. The van der Waals surface area contributed by atoms with Gasteiger partial charge in [0.25, 0.3) is 0 Å². The molecule has 5 nitrogen and oxygen atoms in total. The van der Waals surface area contributed by atoms with Crippen LogP contribution in [0.15, 0.2) is 65.6 Å². The second-order valence-electron chi connectivity index (χ2n) is 8.73. The Labute approximate surface area is 183 Å². The highest BCUT2D eigenvalue weighted by molar-refractivity contribution is 5.88. The van der Waals surface area contributed by atoms with Gasteiger partial charge in [-0.1, -0.05) is 38.6 Å². The average molecular weight is 420 g/mol. The molecule has 0 amide bonds. The first-order valence-corrected chi connectivity index (χ1v) is 10.8. The van der Waals surface area contributed by atoms with Crippen molar-refractivity contribution in [3.8, 4) is 0 Å². The summed E-state index contributed by atoms with van der Waals surface area (Å²) in [5, 5.41) is 0. The van der Waals surface area contributed by atoms with E-state index in [4.69, 9.17) is 9.47 Å². The Morgan fingerprint density at radius 2 is 2.13 bits per heavy atom. The minimum absolute atomic E-state index is 0.0426. The van der Waals surface area contributed by atoms with E-state index in [1.165, 1.54) is 29.9 Å². The molecule has 1 atom stereocenters. The molecule has 0 bridgehead atoms. The van der Waals surface area contributed by atoms with Crippen LogP contribution in [-0.2, 0) is 30.9 Å². The molecule has 0 spiro atoms. The van der Waals surface area contributed by atoms with E-state index in [1.54, 1.807) is 6.08 Å². The van der Waals surface area contributed by atoms with Crippen LogP contribution in [0, 0.1) is 0 Å². The van der Waals surface area contributed by atoms with Crippen molar-refractivity contribution in [2.45, 2.75) is 52.1 Å². The summed E-state index contributed by atoms with van der Waals surface area (Å²) in [6, 6.07) is 6.26. The maximum absolute atomic E-state index is 12.0. The standard InChI is InChI=1S/C26H29NO4/c1-6-18-15-19-22(31-23(18)12-16(3)28)10-11-27-21-9-8-17(14-24(29)30-7-2)13-20(21)26(4,5)25(19)27/h6,8-9,12-13,15,22H,1,7,10-11,14H2,2-5H3/b23-12+. The van der Waals surface area contributed by atoms with Crippen molar-refractivity contribution in [3.05, 3.63) is 76.7 Å². The molecular weight excluding hydrogens is 390 g/mol. The summed E-state index contributed by atoms with van der Waals surface area (Å²) >= 11 is 0. The van der Waals surface area contributed by atoms with Crippen molar-refractivity contribution < 1.29 is 19.1 Å². The molecule has 0 radical (unpaired) electrons. The molecule has 31 heavy (non-hydrogen) atoms. The highest BCUT2D eigenvalue weighted by Gasteiger charge is 2.46. The number of carbonyl (C=O) groups excluding carboxylic acids is 2. The van der Waals surface area contributed by atoms with Crippen LogP contribution in [0.3, 0.4) is 0 Å². The van der Waals surface area contributed by atoms with Crippen LogP contribution in [0.25, 0.3) is 0 Å². The average Bonchev–Trinajstić information content (AvgIpc) is 2.94. The Balaban J connectivity index is 1.79. The molecule has 0 aromatic heterocycles. The van der Waals surface area contributed by atoms with E-state index in [0.29, 0.717) is 12.4 Å². The summed E-state index contributed by atoms with van der Waals surface area (Å²) < 4.78 is 11.4. The second kappa shape index (κ2) is 7.88. The lowest BCUT2D eigenvalue weighted by Crippen LogP contribution is -2.39. The number of ketones is 1. The van der Waals surface area contributed by atoms with Crippen molar-refractivity contribution in [1.82, 2.24) is 0 Å². The predicted octanol–water partition coefficient (Wildman–Crippen LogP) is 4.53. The van der Waals surface area contributed by atoms with Crippen molar-refractivity contribution >= 4 is 17.4 Å². The molecule has 0 saturated carbocycles. The number of benzene rings is 1. The Kier molecular flexibility index (Phi) is 5.38.